The third-order valence-corrected chi connectivity index (χ3v) is 3.55. The molecule has 2 unspecified atom stereocenters. The Morgan fingerprint density at radius 1 is 1.50 bits per heavy atom. The van der Waals surface area contributed by atoms with Gasteiger partial charge in [0, 0.05) is 24.5 Å². The fourth-order valence-corrected chi connectivity index (χ4v) is 2.36. The smallest absolute Gasteiger partial charge is 0.147 e. The summed E-state index contributed by atoms with van der Waals surface area (Å²) in [5.41, 5.74) is 0. The molecule has 1 heterocycles. The number of rotatable bonds is 4. The lowest BCUT2D eigenvalue weighted by molar-refractivity contribution is -0.0383. The van der Waals surface area contributed by atoms with E-state index in [1.54, 1.807) is 0 Å². The molecule has 14 heavy (non-hydrogen) atoms. The van der Waals surface area contributed by atoms with E-state index in [4.69, 9.17) is 4.74 Å². The van der Waals surface area contributed by atoms with E-state index in [2.05, 4.69) is 0 Å². The van der Waals surface area contributed by atoms with Gasteiger partial charge in [0.25, 0.3) is 0 Å². The molecule has 1 saturated heterocycles. The molecule has 1 aliphatic heterocycles. The van der Waals surface area contributed by atoms with Crippen LogP contribution in [0.3, 0.4) is 0 Å². The van der Waals surface area contributed by atoms with Gasteiger partial charge < -0.3 is 9.84 Å². The molecule has 1 N–H and O–H groups in total. The average Bonchev–Trinajstić information content (AvgIpc) is 2.06. The fraction of sp³-hybridized carbons (Fsp3) is 1.00. The fourth-order valence-electron chi connectivity index (χ4n) is 1.67. The van der Waals surface area contributed by atoms with Crippen LogP contribution in [0, 0.1) is 5.92 Å². The first-order valence-corrected chi connectivity index (χ1v) is 6.98. The summed E-state index contributed by atoms with van der Waals surface area (Å²) in [4.78, 5) is 0. The molecule has 0 aromatic heterocycles. The molecule has 2 atom stereocenters. The van der Waals surface area contributed by atoms with Gasteiger partial charge >= 0.3 is 0 Å². The third-order valence-electron chi connectivity index (χ3n) is 2.52. The van der Waals surface area contributed by atoms with Gasteiger partial charge in [-0.1, -0.05) is 0 Å². The van der Waals surface area contributed by atoms with Crippen LogP contribution in [0.25, 0.3) is 0 Å². The van der Waals surface area contributed by atoms with Crippen LogP contribution < -0.4 is 0 Å². The first-order chi connectivity index (χ1) is 6.49. The van der Waals surface area contributed by atoms with E-state index in [9.17, 15) is 13.5 Å². The van der Waals surface area contributed by atoms with Gasteiger partial charge in [0.1, 0.15) is 9.84 Å². The van der Waals surface area contributed by atoms with Crippen molar-refractivity contribution < 1.29 is 18.3 Å². The molecule has 0 spiro atoms. The predicted octanol–water partition coefficient (Wildman–Crippen LogP) is 0.209. The molecule has 1 fully saturated rings. The molecule has 4 nitrogen and oxygen atoms in total. The maximum absolute atomic E-state index is 10.9. The van der Waals surface area contributed by atoms with Gasteiger partial charge in [0.05, 0.1) is 12.7 Å². The van der Waals surface area contributed by atoms with Crippen LogP contribution in [0.4, 0.5) is 0 Å². The zero-order valence-corrected chi connectivity index (χ0v) is 9.29. The van der Waals surface area contributed by atoms with E-state index in [1.165, 1.54) is 6.26 Å². The second kappa shape index (κ2) is 5.09. The minimum atomic E-state index is -2.86. The molecule has 0 saturated carbocycles. The van der Waals surface area contributed by atoms with Gasteiger partial charge in [0.2, 0.25) is 0 Å². The number of sulfone groups is 1. The van der Waals surface area contributed by atoms with Crippen molar-refractivity contribution in [3.05, 3.63) is 0 Å². The van der Waals surface area contributed by atoms with Crippen LogP contribution in [-0.4, -0.2) is 44.9 Å². The Hall–Kier alpha value is -0.130. The van der Waals surface area contributed by atoms with Crippen molar-refractivity contribution in [3.8, 4) is 0 Å². The molecule has 0 aliphatic carbocycles. The minimum absolute atomic E-state index is 0.116. The molecular weight excluding hydrogens is 204 g/mol. The van der Waals surface area contributed by atoms with Crippen LogP contribution >= 0.6 is 0 Å². The van der Waals surface area contributed by atoms with Crippen molar-refractivity contribution in [3.63, 3.8) is 0 Å². The van der Waals surface area contributed by atoms with E-state index in [0.29, 0.717) is 26.1 Å². The van der Waals surface area contributed by atoms with Crippen molar-refractivity contribution >= 4 is 9.84 Å². The Balaban J connectivity index is 2.23. The summed E-state index contributed by atoms with van der Waals surface area (Å²) in [7, 11) is -2.86. The lowest BCUT2D eigenvalue weighted by Crippen LogP contribution is -2.32. The molecule has 1 aliphatic rings. The van der Waals surface area contributed by atoms with E-state index in [0.717, 1.165) is 6.42 Å². The van der Waals surface area contributed by atoms with Gasteiger partial charge in [0.15, 0.2) is 0 Å². The van der Waals surface area contributed by atoms with Crippen molar-refractivity contribution in [2.24, 2.45) is 5.92 Å². The summed E-state index contributed by atoms with van der Waals surface area (Å²) in [5.74, 6) is 0.321. The van der Waals surface area contributed by atoms with Gasteiger partial charge in [-0.05, 0) is 19.3 Å². The number of hydrogen-bond donors (Lipinski definition) is 1. The van der Waals surface area contributed by atoms with Crippen LogP contribution in [0.2, 0.25) is 0 Å². The highest BCUT2D eigenvalue weighted by atomic mass is 32.2. The summed E-state index contributed by atoms with van der Waals surface area (Å²) in [5, 5.41) is 9.57. The molecule has 0 amide bonds. The summed E-state index contributed by atoms with van der Waals surface area (Å²) in [6, 6.07) is 0. The lowest BCUT2D eigenvalue weighted by atomic mass is 9.94. The monoisotopic (exact) mass is 222 g/mol. The molecular formula is C9H18O4S. The second-order valence-corrected chi connectivity index (χ2v) is 6.22. The molecule has 0 aromatic carbocycles. The third kappa shape index (κ3) is 4.39. The average molecular weight is 222 g/mol. The van der Waals surface area contributed by atoms with Gasteiger partial charge in [-0.3, -0.25) is 0 Å². The van der Waals surface area contributed by atoms with E-state index in [-0.39, 0.29) is 17.8 Å². The van der Waals surface area contributed by atoms with Crippen LogP contribution in [-0.2, 0) is 14.6 Å². The van der Waals surface area contributed by atoms with Gasteiger partial charge in [-0.2, -0.15) is 0 Å². The maximum atomic E-state index is 10.9. The Morgan fingerprint density at radius 3 is 2.79 bits per heavy atom. The Labute approximate surface area is 85.2 Å². The van der Waals surface area contributed by atoms with Crippen molar-refractivity contribution in [1.82, 2.24) is 0 Å². The minimum Gasteiger partial charge on any atom is -0.393 e. The summed E-state index contributed by atoms with van der Waals surface area (Å²) in [6.07, 6.45) is 2.94. The highest BCUT2D eigenvalue weighted by molar-refractivity contribution is 7.90. The SMILES string of the molecule is CS(=O)(=O)CCCC1COCCC1O. The summed E-state index contributed by atoms with van der Waals surface area (Å²) >= 11 is 0. The number of ether oxygens (including phenoxy) is 1. The molecule has 0 radical (unpaired) electrons. The van der Waals surface area contributed by atoms with Crippen molar-refractivity contribution in [1.29, 1.82) is 0 Å². The van der Waals surface area contributed by atoms with Crippen LogP contribution in [0.1, 0.15) is 19.3 Å². The number of hydrogen-bond acceptors (Lipinski definition) is 4. The topological polar surface area (TPSA) is 63.6 Å². The quantitative estimate of drug-likeness (QED) is 0.738. The van der Waals surface area contributed by atoms with E-state index in [1.807, 2.05) is 0 Å². The Bertz CT molecular complexity index is 260. The molecule has 0 aromatic rings. The molecule has 1 rings (SSSR count). The van der Waals surface area contributed by atoms with E-state index < -0.39 is 9.84 Å². The zero-order chi connectivity index (χ0) is 10.6. The highest BCUT2D eigenvalue weighted by Gasteiger charge is 2.23. The lowest BCUT2D eigenvalue weighted by Gasteiger charge is -2.27. The predicted molar refractivity (Wildman–Crippen MR) is 53.9 cm³/mol. The van der Waals surface area contributed by atoms with Crippen molar-refractivity contribution in [2.45, 2.75) is 25.4 Å². The first-order valence-electron chi connectivity index (χ1n) is 4.92. The summed E-state index contributed by atoms with van der Waals surface area (Å²) < 4.78 is 26.9. The van der Waals surface area contributed by atoms with Gasteiger partial charge in [-0.25, -0.2) is 8.42 Å². The normalized spacial score (nSPS) is 29.0. The number of aliphatic hydroxyl groups excluding tert-OH is 1. The Morgan fingerprint density at radius 2 is 2.21 bits per heavy atom. The highest BCUT2D eigenvalue weighted by Crippen LogP contribution is 2.19. The molecule has 84 valence electrons. The standard InChI is InChI=1S/C9H18O4S/c1-14(11,12)6-2-3-8-7-13-5-4-9(8)10/h8-10H,2-7H2,1H3. The summed E-state index contributed by atoms with van der Waals surface area (Å²) in [6.45, 7) is 1.18. The second-order valence-electron chi connectivity index (χ2n) is 3.96. The largest absolute Gasteiger partial charge is 0.393 e. The van der Waals surface area contributed by atoms with Gasteiger partial charge in [-0.15, -0.1) is 0 Å². The first kappa shape index (κ1) is 11.9. The molecule has 0 bridgehead atoms. The Kier molecular flexibility index (Phi) is 4.34. The van der Waals surface area contributed by atoms with Crippen LogP contribution in [0.15, 0.2) is 0 Å². The maximum Gasteiger partial charge on any atom is 0.147 e. The van der Waals surface area contributed by atoms with Crippen molar-refractivity contribution in [2.75, 3.05) is 25.2 Å². The molecule has 5 heteroatoms. The van der Waals surface area contributed by atoms with Crippen LogP contribution in [0.5, 0.6) is 0 Å². The number of aliphatic hydroxyl groups is 1. The van der Waals surface area contributed by atoms with E-state index >= 15 is 0 Å². The zero-order valence-electron chi connectivity index (χ0n) is 8.48.